The van der Waals surface area contributed by atoms with Crippen molar-refractivity contribution >= 4 is 50.0 Å². The number of benzene rings is 2. The molecular formula is C28H31ClN4O5S2. The zero-order chi connectivity index (χ0) is 28.6. The number of hydrogen-bond acceptors (Lipinski definition) is 8. The number of halogens is 1. The quantitative estimate of drug-likeness (QED) is 0.244. The number of carbonyl (C=O) groups is 1. The molecule has 3 heterocycles. The van der Waals surface area contributed by atoms with Gasteiger partial charge in [-0.3, -0.25) is 4.79 Å². The second kappa shape index (κ2) is 11.5. The number of rotatable bonds is 8. The van der Waals surface area contributed by atoms with Gasteiger partial charge in [0.05, 0.1) is 29.9 Å². The molecule has 0 fully saturated rings. The Hall–Kier alpha value is -2.99. The fourth-order valence-electron chi connectivity index (χ4n) is 5.11. The first-order valence-corrected chi connectivity index (χ1v) is 15.7. The SMILES string of the molecule is CC[C@@H]1CN(Cc2cc([C@H](CC(=O)OC)c3ccc4c(nnn4CC)c3C)sc2Cl)S(=O)(=O)c2ccccc2O1. The molecule has 40 heavy (non-hydrogen) atoms. The minimum Gasteiger partial charge on any atom is -0.488 e. The lowest BCUT2D eigenvalue weighted by molar-refractivity contribution is -0.140. The van der Waals surface area contributed by atoms with Gasteiger partial charge in [-0.05, 0) is 61.2 Å². The molecule has 0 spiro atoms. The Morgan fingerprint density at radius 1 is 1.25 bits per heavy atom. The number of aromatic nitrogens is 3. The molecule has 1 aliphatic heterocycles. The summed E-state index contributed by atoms with van der Waals surface area (Å²) in [6.07, 6.45) is 0.449. The average Bonchev–Trinajstić information content (AvgIpc) is 3.51. The van der Waals surface area contributed by atoms with Crippen LogP contribution in [0, 0.1) is 6.92 Å². The Labute approximate surface area is 242 Å². The van der Waals surface area contributed by atoms with Crippen LogP contribution >= 0.6 is 22.9 Å². The van der Waals surface area contributed by atoms with Gasteiger partial charge in [-0.25, -0.2) is 13.1 Å². The van der Waals surface area contributed by atoms with Crippen LogP contribution in [0.25, 0.3) is 11.0 Å². The lowest BCUT2D eigenvalue weighted by Gasteiger charge is -2.22. The van der Waals surface area contributed by atoms with Crippen molar-refractivity contribution < 1.29 is 22.7 Å². The van der Waals surface area contributed by atoms with E-state index in [1.165, 1.54) is 22.8 Å². The topological polar surface area (TPSA) is 104 Å². The summed E-state index contributed by atoms with van der Waals surface area (Å²) in [6, 6.07) is 12.6. The van der Waals surface area contributed by atoms with Gasteiger partial charge >= 0.3 is 5.97 Å². The lowest BCUT2D eigenvalue weighted by atomic mass is 9.89. The molecule has 2 atom stereocenters. The molecule has 0 unspecified atom stereocenters. The molecule has 0 saturated heterocycles. The molecule has 1 aliphatic rings. The number of ether oxygens (including phenoxy) is 2. The fourth-order valence-corrected chi connectivity index (χ4v) is 8.08. The monoisotopic (exact) mass is 602 g/mol. The summed E-state index contributed by atoms with van der Waals surface area (Å²) >= 11 is 8.09. The number of sulfonamides is 1. The van der Waals surface area contributed by atoms with E-state index < -0.39 is 10.0 Å². The third kappa shape index (κ3) is 5.23. The van der Waals surface area contributed by atoms with Crippen molar-refractivity contribution in [1.82, 2.24) is 19.3 Å². The summed E-state index contributed by atoms with van der Waals surface area (Å²) in [5.41, 5.74) is 4.21. The van der Waals surface area contributed by atoms with E-state index in [1.807, 2.05) is 43.7 Å². The number of hydrogen-bond donors (Lipinski definition) is 0. The van der Waals surface area contributed by atoms with Gasteiger partial charge in [0, 0.05) is 23.9 Å². The molecule has 0 radical (unpaired) electrons. The molecule has 0 N–H and O–H groups in total. The summed E-state index contributed by atoms with van der Waals surface area (Å²) in [5.74, 6) is -0.353. The standard InChI is InChI=1S/C28H31ClN4O5S2/c1-5-19-16-32(40(35,36)25-10-8-7-9-23(25)38-19)15-18-13-24(39-28(18)29)21(14-26(34)37-4)20-11-12-22-27(17(20)3)30-31-33(22)6-2/h7-13,19,21H,5-6,14-16H2,1-4H3/t19-,21-/m1/s1. The number of fused-ring (bicyclic) bond motifs is 2. The van der Waals surface area contributed by atoms with Crippen molar-refractivity contribution in [2.75, 3.05) is 13.7 Å². The van der Waals surface area contributed by atoms with Gasteiger partial charge in [-0.15, -0.1) is 16.4 Å². The molecule has 0 bridgehead atoms. The number of carbonyl (C=O) groups excluding carboxylic acids is 1. The summed E-state index contributed by atoms with van der Waals surface area (Å²) in [7, 11) is -2.47. The Morgan fingerprint density at radius 3 is 2.75 bits per heavy atom. The first-order chi connectivity index (χ1) is 19.2. The van der Waals surface area contributed by atoms with Gasteiger partial charge in [0.2, 0.25) is 10.0 Å². The number of esters is 1. The average molecular weight is 603 g/mol. The molecule has 2 aromatic heterocycles. The predicted molar refractivity (Wildman–Crippen MR) is 154 cm³/mol. The Kier molecular flexibility index (Phi) is 8.19. The first-order valence-electron chi connectivity index (χ1n) is 13.1. The number of thiophene rings is 1. The lowest BCUT2D eigenvalue weighted by Crippen LogP contribution is -2.36. The van der Waals surface area contributed by atoms with Gasteiger partial charge in [0.15, 0.2) is 0 Å². The number of nitrogens with zero attached hydrogens (tertiary/aromatic N) is 4. The largest absolute Gasteiger partial charge is 0.488 e. The summed E-state index contributed by atoms with van der Waals surface area (Å²) in [6.45, 7) is 6.92. The van der Waals surface area contributed by atoms with Crippen LogP contribution in [0.15, 0.2) is 47.4 Å². The zero-order valence-electron chi connectivity index (χ0n) is 22.8. The third-order valence-electron chi connectivity index (χ3n) is 7.35. The van der Waals surface area contributed by atoms with Gasteiger partial charge in [0.1, 0.15) is 22.3 Å². The van der Waals surface area contributed by atoms with E-state index in [0.717, 1.165) is 27.0 Å². The summed E-state index contributed by atoms with van der Waals surface area (Å²) in [4.78, 5) is 13.5. The molecule has 5 rings (SSSR count). The molecule has 0 amide bonds. The smallest absolute Gasteiger partial charge is 0.306 e. The van der Waals surface area contributed by atoms with Crippen molar-refractivity contribution in [3.05, 3.63) is 68.4 Å². The van der Waals surface area contributed by atoms with Gasteiger partial charge in [-0.2, -0.15) is 4.31 Å². The highest BCUT2D eigenvalue weighted by Crippen LogP contribution is 2.41. The van der Waals surface area contributed by atoms with Crippen LogP contribution in [0.1, 0.15) is 54.2 Å². The minimum atomic E-state index is -3.83. The molecule has 212 valence electrons. The van der Waals surface area contributed by atoms with E-state index in [1.54, 1.807) is 24.3 Å². The zero-order valence-corrected chi connectivity index (χ0v) is 25.1. The highest BCUT2D eigenvalue weighted by molar-refractivity contribution is 7.89. The normalized spacial score (nSPS) is 17.7. The maximum absolute atomic E-state index is 13.7. The number of para-hydroxylation sites is 1. The molecule has 0 saturated carbocycles. The number of aryl methyl sites for hydroxylation is 2. The van der Waals surface area contributed by atoms with Crippen LogP contribution in [0.3, 0.4) is 0 Å². The number of methoxy groups -OCH3 is 1. The Bertz CT molecular complexity index is 1670. The molecule has 0 aliphatic carbocycles. The fraction of sp³-hybridized carbons (Fsp3) is 0.393. The van der Waals surface area contributed by atoms with Crippen molar-refractivity contribution in [2.45, 2.75) is 63.6 Å². The Morgan fingerprint density at radius 2 is 2.02 bits per heavy atom. The van der Waals surface area contributed by atoms with Gasteiger partial charge in [0.25, 0.3) is 0 Å². The maximum Gasteiger partial charge on any atom is 0.306 e. The van der Waals surface area contributed by atoms with E-state index in [9.17, 15) is 13.2 Å². The molecule has 2 aromatic carbocycles. The van der Waals surface area contributed by atoms with Crippen LogP contribution in [-0.2, 0) is 32.6 Å². The maximum atomic E-state index is 13.7. The van der Waals surface area contributed by atoms with Crippen molar-refractivity contribution in [3.63, 3.8) is 0 Å². The molecular weight excluding hydrogens is 572 g/mol. The van der Waals surface area contributed by atoms with E-state index in [-0.39, 0.29) is 42.4 Å². The molecule has 4 aromatic rings. The second-order valence-corrected chi connectivity index (χ2v) is 13.3. The van der Waals surface area contributed by atoms with E-state index >= 15 is 0 Å². The van der Waals surface area contributed by atoms with Crippen molar-refractivity contribution in [1.29, 1.82) is 0 Å². The van der Waals surface area contributed by atoms with E-state index in [0.29, 0.717) is 28.6 Å². The highest BCUT2D eigenvalue weighted by atomic mass is 35.5. The second-order valence-electron chi connectivity index (χ2n) is 9.73. The van der Waals surface area contributed by atoms with Gasteiger partial charge < -0.3 is 9.47 Å². The van der Waals surface area contributed by atoms with Crippen LogP contribution in [-0.4, -0.2) is 53.4 Å². The van der Waals surface area contributed by atoms with E-state index in [2.05, 4.69) is 10.3 Å². The predicted octanol–water partition coefficient (Wildman–Crippen LogP) is 5.53. The van der Waals surface area contributed by atoms with Crippen LogP contribution in [0.5, 0.6) is 5.75 Å². The molecule has 9 nitrogen and oxygen atoms in total. The van der Waals surface area contributed by atoms with Crippen molar-refractivity contribution in [3.8, 4) is 5.75 Å². The van der Waals surface area contributed by atoms with Crippen molar-refractivity contribution in [2.24, 2.45) is 0 Å². The Balaban J connectivity index is 1.53. The third-order valence-corrected chi connectivity index (χ3v) is 10.8. The minimum absolute atomic E-state index is 0.0830. The van der Waals surface area contributed by atoms with Crippen LogP contribution in [0.2, 0.25) is 4.34 Å². The molecule has 12 heteroatoms. The summed E-state index contributed by atoms with van der Waals surface area (Å²) in [5, 5.41) is 8.61. The summed E-state index contributed by atoms with van der Waals surface area (Å²) < 4.78 is 42.2. The van der Waals surface area contributed by atoms with Crippen LogP contribution < -0.4 is 4.74 Å². The highest BCUT2D eigenvalue weighted by Gasteiger charge is 2.35. The van der Waals surface area contributed by atoms with E-state index in [4.69, 9.17) is 21.1 Å². The first kappa shape index (κ1) is 28.5. The van der Waals surface area contributed by atoms with Crippen LogP contribution in [0.4, 0.5) is 0 Å². The van der Waals surface area contributed by atoms with Gasteiger partial charge in [-0.1, -0.05) is 41.9 Å².